The Morgan fingerprint density at radius 1 is 1.47 bits per heavy atom. The number of nitrogens with zero attached hydrogens (tertiary/aromatic N) is 2. The molecule has 1 aliphatic rings. The third-order valence-corrected chi connectivity index (χ3v) is 3.19. The first kappa shape index (κ1) is 15.9. The number of hydrogen-bond acceptors (Lipinski definition) is 4. The van der Waals surface area contributed by atoms with Crippen molar-refractivity contribution in [2.45, 2.75) is 26.3 Å². The summed E-state index contributed by atoms with van der Waals surface area (Å²) < 4.78 is 0. The zero-order chi connectivity index (χ0) is 14.3. The predicted octanol–water partition coefficient (Wildman–Crippen LogP) is -0.735. The molecule has 6 nitrogen and oxygen atoms in total. The molecule has 1 saturated heterocycles. The zero-order valence-electron chi connectivity index (χ0n) is 12.2. The van der Waals surface area contributed by atoms with Gasteiger partial charge in [-0.25, -0.2) is 0 Å². The molecule has 1 atom stereocenters. The lowest BCUT2D eigenvalue weighted by Crippen LogP contribution is -2.52. The molecule has 0 aromatic heterocycles. The van der Waals surface area contributed by atoms with Crippen molar-refractivity contribution in [1.29, 1.82) is 0 Å². The van der Waals surface area contributed by atoms with Gasteiger partial charge in [-0.1, -0.05) is 6.92 Å². The highest BCUT2D eigenvalue weighted by atomic mass is 16.2. The summed E-state index contributed by atoms with van der Waals surface area (Å²) in [6.07, 6.45) is 0.905. The van der Waals surface area contributed by atoms with E-state index in [-0.39, 0.29) is 18.4 Å². The Morgan fingerprint density at radius 2 is 2.21 bits per heavy atom. The fourth-order valence-electron chi connectivity index (χ4n) is 2.09. The standard InChI is InChI=1S/C13H26N4O2/c1-4-5-15-12(18)9-16(3)13(19)10-17-7-6-14-11(2)8-17/h11,14H,4-10H2,1-3H3,(H,15,18)/t11-/m1/s1. The van der Waals surface area contributed by atoms with Crippen LogP contribution in [-0.4, -0.2) is 74.0 Å². The molecule has 0 aromatic rings. The van der Waals surface area contributed by atoms with E-state index in [2.05, 4.69) is 22.5 Å². The molecule has 6 heteroatoms. The van der Waals surface area contributed by atoms with Crippen molar-refractivity contribution in [2.24, 2.45) is 0 Å². The van der Waals surface area contributed by atoms with Gasteiger partial charge in [0.2, 0.25) is 11.8 Å². The minimum Gasteiger partial charge on any atom is -0.355 e. The third kappa shape index (κ3) is 6.02. The van der Waals surface area contributed by atoms with Crippen LogP contribution in [0.2, 0.25) is 0 Å². The molecule has 2 N–H and O–H groups in total. The number of rotatable bonds is 6. The van der Waals surface area contributed by atoms with Crippen LogP contribution >= 0.6 is 0 Å². The summed E-state index contributed by atoms with van der Waals surface area (Å²) in [6, 6.07) is 0.416. The maximum absolute atomic E-state index is 12.0. The summed E-state index contributed by atoms with van der Waals surface area (Å²) in [7, 11) is 1.68. The first-order valence-electron chi connectivity index (χ1n) is 6.99. The van der Waals surface area contributed by atoms with E-state index in [1.54, 1.807) is 7.05 Å². The molecule has 19 heavy (non-hydrogen) atoms. The van der Waals surface area contributed by atoms with E-state index in [1.165, 1.54) is 4.90 Å². The zero-order valence-corrected chi connectivity index (χ0v) is 12.2. The van der Waals surface area contributed by atoms with Crippen LogP contribution in [0.25, 0.3) is 0 Å². The second kappa shape index (κ2) is 8.12. The van der Waals surface area contributed by atoms with Gasteiger partial charge >= 0.3 is 0 Å². The van der Waals surface area contributed by atoms with Gasteiger partial charge in [-0.2, -0.15) is 0 Å². The fraction of sp³-hybridized carbons (Fsp3) is 0.846. The number of amides is 2. The number of carbonyl (C=O) groups excluding carboxylic acids is 2. The highest BCUT2D eigenvalue weighted by Gasteiger charge is 2.20. The first-order valence-corrected chi connectivity index (χ1v) is 6.99. The number of nitrogens with one attached hydrogen (secondary N) is 2. The van der Waals surface area contributed by atoms with E-state index in [9.17, 15) is 9.59 Å². The number of carbonyl (C=O) groups is 2. The Hall–Kier alpha value is -1.14. The quantitative estimate of drug-likeness (QED) is 0.667. The minimum atomic E-state index is -0.0913. The molecule has 0 radical (unpaired) electrons. The molecule has 0 unspecified atom stereocenters. The molecule has 1 fully saturated rings. The molecule has 110 valence electrons. The van der Waals surface area contributed by atoms with Crippen molar-refractivity contribution in [3.63, 3.8) is 0 Å². The van der Waals surface area contributed by atoms with Gasteiger partial charge < -0.3 is 15.5 Å². The van der Waals surface area contributed by atoms with Gasteiger partial charge in [0.15, 0.2) is 0 Å². The maximum atomic E-state index is 12.0. The number of piperazine rings is 1. The van der Waals surface area contributed by atoms with Crippen LogP contribution in [0.4, 0.5) is 0 Å². The molecular weight excluding hydrogens is 244 g/mol. The Morgan fingerprint density at radius 3 is 2.84 bits per heavy atom. The smallest absolute Gasteiger partial charge is 0.239 e. The molecule has 0 aromatic carbocycles. The summed E-state index contributed by atoms with van der Waals surface area (Å²) in [4.78, 5) is 27.2. The lowest BCUT2D eigenvalue weighted by molar-refractivity contribution is -0.135. The Labute approximate surface area is 115 Å². The first-order chi connectivity index (χ1) is 9.02. The molecule has 0 aliphatic carbocycles. The summed E-state index contributed by atoms with van der Waals surface area (Å²) >= 11 is 0. The highest BCUT2D eigenvalue weighted by Crippen LogP contribution is 1.99. The van der Waals surface area contributed by atoms with Gasteiger partial charge in [-0.05, 0) is 13.3 Å². The predicted molar refractivity (Wildman–Crippen MR) is 74.8 cm³/mol. The van der Waals surface area contributed by atoms with Crippen molar-refractivity contribution in [2.75, 3.05) is 46.3 Å². The Balaban J connectivity index is 2.29. The summed E-state index contributed by atoms with van der Waals surface area (Å²) in [6.45, 7) is 7.97. The van der Waals surface area contributed by atoms with Crippen LogP contribution in [0.5, 0.6) is 0 Å². The van der Waals surface area contributed by atoms with E-state index < -0.39 is 0 Å². The third-order valence-electron chi connectivity index (χ3n) is 3.19. The average Bonchev–Trinajstić information content (AvgIpc) is 2.36. The van der Waals surface area contributed by atoms with Gasteiger partial charge in [0.05, 0.1) is 13.1 Å². The van der Waals surface area contributed by atoms with Gasteiger partial charge in [0.25, 0.3) is 0 Å². The van der Waals surface area contributed by atoms with Crippen LogP contribution in [0.15, 0.2) is 0 Å². The average molecular weight is 270 g/mol. The summed E-state index contributed by atoms with van der Waals surface area (Å²) in [5.41, 5.74) is 0. The van der Waals surface area contributed by atoms with E-state index in [1.807, 2.05) is 6.92 Å². The molecule has 1 aliphatic heterocycles. The molecule has 1 rings (SSSR count). The van der Waals surface area contributed by atoms with Gasteiger partial charge in [0.1, 0.15) is 0 Å². The van der Waals surface area contributed by atoms with Gasteiger partial charge in [-0.15, -0.1) is 0 Å². The van der Waals surface area contributed by atoms with Crippen molar-refractivity contribution in [3.8, 4) is 0 Å². The number of hydrogen-bond donors (Lipinski definition) is 2. The van der Waals surface area contributed by atoms with Crippen LogP contribution in [0, 0.1) is 0 Å². The SMILES string of the molecule is CCCNC(=O)CN(C)C(=O)CN1CCN[C@H](C)C1. The minimum absolute atomic E-state index is 0.000693. The lowest BCUT2D eigenvalue weighted by atomic mass is 10.2. The van der Waals surface area contributed by atoms with E-state index in [4.69, 9.17) is 0 Å². The molecule has 0 spiro atoms. The monoisotopic (exact) mass is 270 g/mol. The second-order valence-corrected chi connectivity index (χ2v) is 5.19. The van der Waals surface area contributed by atoms with Crippen molar-refractivity contribution < 1.29 is 9.59 Å². The Kier molecular flexibility index (Phi) is 6.80. The van der Waals surface area contributed by atoms with Crippen LogP contribution < -0.4 is 10.6 Å². The summed E-state index contributed by atoms with van der Waals surface area (Å²) in [5, 5.41) is 6.11. The van der Waals surface area contributed by atoms with Crippen LogP contribution in [0.1, 0.15) is 20.3 Å². The largest absolute Gasteiger partial charge is 0.355 e. The number of likely N-dealkylation sites (N-methyl/N-ethyl adjacent to an activating group) is 1. The summed E-state index contributed by atoms with van der Waals surface area (Å²) in [5.74, 6) is -0.0906. The van der Waals surface area contributed by atoms with Crippen LogP contribution in [-0.2, 0) is 9.59 Å². The maximum Gasteiger partial charge on any atom is 0.239 e. The van der Waals surface area contributed by atoms with E-state index >= 15 is 0 Å². The molecule has 1 heterocycles. The van der Waals surface area contributed by atoms with Crippen molar-refractivity contribution >= 4 is 11.8 Å². The van der Waals surface area contributed by atoms with E-state index in [0.717, 1.165) is 26.1 Å². The molecule has 0 bridgehead atoms. The molecule has 2 amide bonds. The molecule has 0 saturated carbocycles. The van der Waals surface area contributed by atoms with Crippen molar-refractivity contribution in [3.05, 3.63) is 0 Å². The highest BCUT2D eigenvalue weighted by molar-refractivity contribution is 5.85. The molecular formula is C13H26N4O2. The normalized spacial score (nSPS) is 20.1. The van der Waals surface area contributed by atoms with Gasteiger partial charge in [-0.3, -0.25) is 14.5 Å². The van der Waals surface area contributed by atoms with Crippen molar-refractivity contribution in [1.82, 2.24) is 20.4 Å². The lowest BCUT2D eigenvalue weighted by Gasteiger charge is -2.32. The second-order valence-electron chi connectivity index (χ2n) is 5.19. The fourth-order valence-corrected chi connectivity index (χ4v) is 2.09. The van der Waals surface area contributed by atoms with Gasteiger partial charge in [0, 0.05) is 39.3 Å². The van der Waals surface area contributed by atoms with Crippen LogP contribution in [0.3, 0.4) is 0 Å². The topological polar surface area (TPSA) is 64.7 Å². The Bertz CT molecular complexity index is 309. The van der Waals surface area contributed by atoms with E-state index in [0.29, 0.717) is 19.1 Å².